The molecule has 0 spiro atoms. The van der Waals surface area contributed by atoms with E-state index in [1.165, 1.54) is 11.9 Å². The van der Waals surface area contributed by atoms with Gasteiger partial charge >= 0.3 is 0 Å². The van der Waals surface area contributed by atoms with E-state index < -0.39 is 0 Å². The fourth-order valence-electron chi connectivity index (χ4n) is 1.85. The third-order valence-electron chi connectivity index (χ3n) is 3.04. The van der Waals surface area contributed by atoms with Crippen LogP contribution in [0.2, 0.25) is 0 Å². The SMILES string of the molecule is CNC(C)c1ccc(OC)c(Cn2cncn2)c1. The number of ether oxygens (including phenoxy) is 1. The van der Waals surface area contributed by atoms with Crippen molar-refractivity contribution in [3.05, 3.63) is 42.0 Å². The number of nitrogens with one attached hydrogen (secondary N) is 1. The first kappa shape index (κ1) is 12.6. The highest BCUT2D eigenvalue weighted by Crippen LogP contribution is 2.23. The Morgan fingerprint density at radius 1 is 1.44 bits per heavy atom. The quantitative estimate of drug-likeness (QED) is 0.871. The fraction of sp³-hybridized carbons (Fsp3) is 0.385. The van der Waals surface area contributed by atoms with E-state index in [1.807, 2.05) is 13.1 Å². The molecule has 0 saturated heterocycles. The van der Waals surface area contributed by atoms with Crippen molar-refractivity contribution in [3.8, 4) is 5.75 Å². The number of methoxy groups -OCH3 is 1. The van der Waals surface area contributed by atoms with Gasteiger partial charge in [0.25, 0.3) is 0 Å². The van der Waals surface area contributed by atoms with Gasteiger partial charge in [0.05, 0.1) is 13.7 Å². The summed E-state index contributed by atoms with van der Waals surface area (Å²) in [6, 6.07) is 6.52. The van der Waals surface area contributed by atoms with Crippen LogP contribution in [0.15, 0.2) is 30.9 Å². The summed E-state index contributed by atoms with van der Waals surface area (Å²) in [4.78, 5) is 3.95. The van der Waals surface area contributed by atoms with E-state index in [4.69, 9.17) is 4.74 Å². The van der Waals surface area contributed by atoms with Gasteiger partial charge in [0.1, 0.15) is 18.4 Å². The van der Waals surface area contributed by atoms with Gasteiger partial charge in [0.2, 0.25) is 0 Å². The van der Waals surface area contributed by atoms with Gasteiger partial charge in [-0.3, -0.25) is 0 Å². The molecule has 2 aromatic rings. The molecule has 0 bridgehead atoms. The minimum atomic E-state index is 0.311. The molecule has 5 nitrogen and oxygen atoms in total. The lowest BCUT2D eigenvalue weighted by Gasteiger charge is -2.15. The average Bonchev–Trinajstić information content (AvgIpc) is 2.90. The van der Waals surface area contributed by atoms with Gasteiger partial charge in [0, 0.05) is 11.6 Å². The Kier molecular flexibility index (Phi) is 3.94. The molecule has 0 amide bonds. The van der Waals surface area contributed by atoms with Crippen LogP contribution in [0.1, 0.15) is 24.1 Å². The number of benzene rings is 1. The maximum Gasteiger partial charge on any atom is 0.137 e. The maximum absolute atomic E-state index is 5.38. The van der Waals surface area contributed by atoms with Crippen molar-refractivity contribution in [2.75, 3.05) is 14.2 Å². The van der Waals surface area contributed by atoms with E-state index in [0.717, 1.165) is 11.3 Å². The summed E-state index contributed by atoms with van der Waals surface area (Å²) in [6.45, 7) is 2.79. The van der Waals surface area contributed by atoms with Crippen LogP contribution in [0, 0.1) is 0 Å². The molecule has 5 heteroatoms. The van der Waals surface area contributed by atoms with E-state index in [1.54, 1.807) is 18.1 Å². The van der Waals surface area contributed by atoms with Gasteiger partial charge in [-0.25, -0.2) is 9.67 Å². The minimum absolute atomic E-state index is 0.311. The van der Waals surface area contributed by atoms with E-state index in [9.17, 15) is 0 Å². The highest BCUT2D eigenvalue weighted by molar-refractivity contribution is 5.38. The first-order chi connectivity index (χ1) is 8.74. The molecule has 18 heavy (non-hydrogen) atoms. The largest absolute Gasteiger partial charge is 0.496 e. The smallest absolute Gasteiger partial charge is 0.137 e. The van der Waals surface area contributed by atoms with Crippen LogP contribution in [0.5, 0.6) is 5.75 Å². The van der Waals surface area contributed by atoms with Crippen LogP contribution >= 0.6 is 0 Å². The average molecular weight is 246 g/mol. The second kappa shape index (κ2) is 5.64. The van der Waals surface area contributed by atoms with E-state index in [2.05, 4.69) is 34.5 Å². The first-order valence-corrected chi connectivity index (χ1v) is 5.91. The van der Waals surface area contributed by atoms with Crippen LogP contribution in [-0.2, 0) is 6.54 Å². The van der Waals surface area contributed by atoms with Gasteiger partial charge in [0.15, 0.2) is 0 Å². The zero-order valence-corrected chi connectivity index (χ0v) is 10.9. The Balaban J connectivity index is 2.30. The molecule has 0 fully saturated rings. The molecule has 0 aliphatic heterocycles. The summed E-state index contributed by atoms with van der Waals surface area (Å²) < 4.78 is 7.16. The van der Waals surface area contributed by atoms with Gasteiger partial charge in [-0.15, -0.1) is 0 Å². The maximum atomic E-state index is 5.38. The Labute approximate surface area is 107 Å². The molecule has 0 aliphatic rings. The number of hydrogen-bond donors (Lipinski definition) is 1. The molecule has 1 aromatic carbocycles. The lowest BCUT2D eigenvalue weighted by molar-refractivity contribution is 0.407. The third kappa shape index (κ3) is 2.68. The van der Waals surface area contributed by atoms with Crippen LogP contribution in [0.25, 0.3) is 0 Å². The van der Waals surface area contributed by atoms with E-state index in [-0.39, 0.29) is 0 Å². The number of hydrogen-bond acceptors (Lipinski definition) is 4. The molecular formula is C13H18N4O. The van der Waals surface area contributed by atoms with Crippen molar-refractivity contribution in [3.63, 3.8) is 0 Å². The van der Waals surface area contributed by atoms with Crippen molar-refractivity contribution in [2.45, 2.75) is 19.5 Å². The summed E-state index contributed by atoms with van der Waals surface area (Å²) in [5.74, 6) is 0.873. The predicted octanol–water partition coefficient (Wildman–Crippen LogP) is 1.62. The topological polar surface area (TPSA) is 52.0 Å². The van der Waals surface area contributed by atoms with Gasteiger partial charge in [-0.2, -0.15) is 5.10 Å². The number of aromatic nitrogens is 3. The first-order valence-electron chi connectivity index (χ1n) is 5.91. The fourth-order valence-corrected chi connectivity index (χ4v) is 1.85. The Bertz CT molecular complexity index is 496. The molecule has 0 aliphatic carbocycles. The van der Waals surface area contributed by atoms with Crippen LogP contribution in [0.4, 0.5) is 0 Å². The Morgan fingerprint density at radius 2 is 2.28 bits per heavy atom. The highest BCUT2D eigenvalue weighted by Gasteiger charge is 2.09. The highest BCUT2D eigenvalue weighted by atomic mass is 16.5. The molecule has 0 saturated carbocycles. The molecule has 0 radical (unpaired) electrons. The Morgan fingerprint density at radius 3 is 2.89 bits per heavy atom. The van der Waals surface area contributed by atoms with Crippen molar-refractivity contribution in [2.24, 2.45) is 0 Å². The molecule has 1 aromatic heterocycles. The van der Waals surface area contributed by atoms with Gasteiger partial charge in [-0.05, 0) is 31.7 Å². The molecule has 1 unspecified atom stereocenters. The zero-order chi connectivity index (χ0) is 13.0. The predicted molar refractivity (Wildman–Crippen MR) is 69.6 cm³/mol. The molecule has 1 atom stereocenters. The standard InChI is InChI=1S/C13H18N4O/c1-10(14-2)11-4-5-13(18-3)12(6-11)7-17-9-15-8-16-17/h4-6,8-10,14H,7H2,1-3H3. The normalized spacial score (nSPS) is 12.4. The zero-order valence-electron chi connectivity index (χ0n) is 10.9. The summed E-state index contributed by atoms with van der Waals surface area (Å²) in [5, 5.41) is 7.35. The second-order valence-electron chi connectivity index (χ2n) is 4.17. The van der Waals surface area contributed by atoms with Gasteiger partial charge < -0.3 is 10.1 Å². The summed E-state index contributed by atoms with van der Waals surface area (Å²) >= 11 is 0. The van der Waals surface area contributed by atoms with Crippen molar-refractivity contribution < 1.29 is 4.74 Å². The molecular weight excluding hydrogens is 228 g/mol. The van der Waals surface area contributed by atoms with Crippen LogP contribution < -0.4 is 10.1 Å². The van der Waals surface area contributed by atoms with Crippen molar-refractivity contribution in [1.29, 1.82) is 0 Å². The third-order valence-corrected chi connectivity index (χ3v) is 3.04. The summed E-state index contributed by atoms with van der Waals surface area (Å²) in [5.41, 5.74) is 2.33. The monoisotopic (exact) mass is 246 g/mol. The van der Waals surface area contributed by atoms with E-state index >= 15 is 0 Å². The Hall–Kier alpha value is -1.88. The molecule has 96 valence electrons. The second-order valence-corrected chi connectivity index (χ2v) is 4.17. The molecule has 1 heterocycles. The van der Waals surface area contributed by atoms with Crippen LogP contribution in [-0.4, -0.2) is 28.9 Å². The van der Waals surface area contributed by atoms with E-state index in [0.29, 0.717) is 12.6 Å². The number of nitrogens with zero attached hydrogens (tertiary/aromatic N) is 3. The lowest BCUT2D eigenvalue weighted by Crippen LogP contribution is -2.13. The van der Waals surface area contributed by atoms with Crippen molar-refractivity contribution in [1.82, 2.24) is 20.1 Å². The minimum Gasteiger partial charge on any atom is -0.496 e. The molecule has 2 rings (SSSR count). The summed E-state index contributed by atoms with van der Waals surface area (Å²) in [6.07, 6.45) is 3.24. The lowest BCUT2D eigenvalue weighted by atomic mass is 10.0. The summed E-state index contributed by atoms with van der Waals surface area (Å²) in [7, 11) is 3.63. The van der Waals surface area contributed by atoms with Gasteiger partial charge in [-0.1, -0.05) is 6.07 Å². The van der Waals surface area contributed by atoms with Crippen molar-refractivity contribution >= 4 is 0 Å². The number of rotatable bonds is 5. The van der Waals surface area contributed by atoms with Crippen LogP contribution in [0.3, 0.4) is 0 Å². The molecule has 1 N–H and O–H groups in total.